The van der Waals surface area contributed by atoms with Gasteiger partial charge in [-0.2, -0.15) is 4.37 Å². The van der Waals surface area contributed by atoms with Crippen LogP contribution in [0.25, 0.3) is 10.9 Å². The van der Waals surface area contributed by atoms with Crippen molar-refractivity contribution in [2.45, 2.75) is 46.1 Å². The Balaban J connectivity index is 1.92. The Labute approximate surface area is 114 Å². The molecule has 0 aliphatic heterocycles. The minimum Gasteiger partial charge on any atom is -0.373 e. The molecule has 0 amide bonds. The fourth-order valence-corrected chi connectivity index (χ4v) is 3.00. The molecule has 2 nitrogen and oxygen atoms in total. The van der Waals surface area contributed by atoms with Crippen LogP contribution in [0.3, 0.4) is 0 Å². The second kappa shape index (κ2) is 6.19. The van der Waals surface area contributed by atoms with Gasteiger partial charge in [-0.3, -0.25) is 0 Å². The first kappa shape index (κ1) is 13.3. The van der Waals surface area contributed by atoms with Crippen LogP contribution in [-0.4, -0.2) is 10.4 Å². The van der Waals surface area contributed by atoms with Gasteiger partial charge in [-0.25, -0.2) is 0 Å². The van der Waals surface area contributed by atoms with Gasteiger partial charge in [0.25, 0.3) is 0 Å². The summed E-state index contributed by atoms with van der Waals surface area (Å²) in [5, 5.41) is 6.05. The average molecular weight is 262 g/mol. The summed E-state index contributed by atoms with van der Waals surface area (Å²) in [4.78, 5) is 0. The lowest BCUT2D eigenvalue weighted by molar-refractivity contribution is 0.520. The summed E-state index contributed by atoms with van der Waals surface area (Å²) in [5.74, 6) is 0.807. The molecule has 1 atom stereocenters. The van der Waals surface area contributed by atoms with E-state index in [1.807, 2.05) is 6.07 Å². The molecule has 1 unspecified atom stereocenters. The molecule has 0 radical (unpaired) electrons. The van der Waals surface area contributed by atoms with Crippen LogP contribution < -0.4 is 5.32 Å². The Bertz CT molecular complexity index is 490. The second-order valence-electron chi connectivity index (χ2n) is 5.40. The van der Waals surface area contributed by atoms with E-state index in [0.717, 1.165) is 11.4 Å². The number of anilines is 1. The number of benzene rings is 1. The van der Waals surface area contributed by atoms with Crippen molar-refractivity contribution < 1.29 is 0 Å². The summed E-state index contributed by atoms with van der Waals surface area (Å²) >= 11 is 1.57. The van der Waals surface area contributed by atoms with Crippen LogP contribution in [0.15, 0.2) is 24.3 Å². The van der Waals surface area contributed by atoms with Crippen molar-refractivity contribution in [3.8, 4) is 0 Å². The Morgan fingerprint density at radius 2 is 1.94 bits per heavy atom. The fourth-order valence-electron chi connectivity index (χ4n) is 2.12. The van der Waals surface area contributed by atoms with E-state index in [1.54, 1.807) is 11.5 Å². The molecule has 18 heavy (non-hydrogen) atoms. The summed E-state index contributed by atoms with van der Waals surface area (Å²) in [6.45, 7) is 6.83. The van der Waals surface area contributed by atoms with Crippen LogP contribution >= 0.6 is 11.5 Å². The number of fused-ring (bicyclic) bond motifs is 1. The van der Waals surface area contributed by atoms with Crippen LogP contribution in [0.5, 0.6) is 0 Å². The van der Waals surface area contributed by atoms with Gasteiger partial charge in [0.15, 0.2) is 0 Å². The predicted molar refractivity (Wildman–Crippen MR) is 81.4 cm³/mol. The van der Waals surface area contributed by atoms with Crippen LogP contribution in [-0.2, 0) is 0 Å². The largest absolute Gasteiger partial charge is 0.373 e. The van der Waals surface area contributed by atoms with E-state index < -0.39 is 0 Å². The number of aromatic nitrogens is 1. The maximum absolute atomic E-state index is 4.46. The molecule has 0 fully saturated rings. The van der Waals surface area contributed by atoms with E-state index in [0.29, 0.717) is 6.04 Å². The fraction of sp³-hybridized carbons (Fsp3) is 0.533. The summed E-state index contributed by atoms with van der Waals surface area (Å²) in [7, 11) is 0. The van der Waals surface area contributed by atoms with Crippen molar-refractivity contribution in [3.05, 3.63) is 24.3 Å². The van der Waals surface area contributed by atoms with Gasteiger partial charge in [0.05, 0.1) is 5.52 Å². The number of hydrogen-bond donors (Lipinski definition) is 1. The van der Waals surface area contributed by atoms with E-state index in [1.165, 1.54) is 29.6 Å². The van der Waals surface area contributed by atoms with Gasteiger partial charge in [-0.15, -0.1) is 0 Å². The highest BCUT2D eigenvalue weighted by Crippen LogP contribution is 2.28. The number of nitrogens with one attached hydrogen (secondary N) is 1. The third-order valence-corrected chi connectivity index (χ3v) is 3.99. The van der Waals surface area contributed by atoms with Gasteiger partial charge in [-0.05, 0) is 42.9 Å². The molecule has 1 heterocycles. The second-order valence-corrected chi connectivity index (χ2v) is 6.17. The van der Waals surface area contributed by atoms with Gasteiger partial charge in [0, 0.05) is 11.4 Å². The number of rotatable bonds is 6. The normalized spacial score (nSPS) is 13.1. The SMILES string of the molecule is CC(C)CCCC(C)Nc1snc2ccccc12. The van der Waals surface area contributed by atoms with Gasteiger partial charge in [0.2, 0.25) is 0 Å². The van der Waals surface area contributed by atoms with Crippen molar-refractivity contribution in [1.29, 1.82) is 0 Å². The maximum atomic E-state index is 4.46. The maximum Gasteiger partial charge on any atom is 0.117 e. The molecule has 1 aromatic heterocycles. The standard InChI is InChI=1S/C15H22N2S/c1-11(2)7-6-8-12(3)16-15-13-9-4-5-10-14(13)17-18-15/h4-5,9-12,16H,6-8H2,1-3H3. The van der Waals surface area contributed by atoms with Crippen molar-refractivity contribution in [2.75, 3.05) is 5.32 Å². The van der Waals surface area contributed by atoms with Gasteiger partial charge >= 0.3 is 0 Å². The molecule has 0 saturated heterocycles. The van der Waals surface area contributed by atoms with Gasteiger partial charge < -0.3 is 5.32 Å². The lowest BCUT2D eigenvalue weighted by atomic mass is 10.0. The predicted octanol–water partition coefficient (Wildman–Crippen LogP) is 4.92. The Morgan fingerprint density at radius 1 is 1.17 bits per heavy atom. The molecule has 3 heteroatoms. The summed E-state index contributed by atoms with van der Waals surface area (Å²) in [6, 6.07) is 8.85. The Kier molecular flexibility index (Phi) is 4.59. The summed E-state index contributed by atoms with van der Waals surface area (Å²) < 4.78 is 4.46. The molecule has 0 saturated carbocycles. The Morgan fingerprint density at radius 3 is 2.72 bits per heavy atom. The molecular formula is C15H22N2S. The lowest BCUT2D eigenvalue weighted by Crippen LogP contribution is -2.14. The lowest BCUT2D eigenvalue weighted by Gasteiger charge is -2.14. The van der Waals surface area contributed by atoms with Crippen molar-refractivity contribution in [1.82, 2.24) is 4.37 Å². The molecule has 2 rings (SSSR count). The first-order chi connectivity index (χ1) is 8.66. The zero-order valence-corrected chi connectivity index (χ0v) is 12.3. The first-order valence-corrected chi connectivity index (χ1v) is 7.55. The highest BCUT2D eigenvalue weighted by Gasteiger charge is 2.08. The molecule has 0 spiro atoms. The molecule has 1 aromatic carbocycles. The van der Waals surface area contributed by atoms with Crippen molar-refractivity contribution in [3.63, 3.8) is 0 Å². The topological polar surface area (TPSA) is 24.9 Å². The first-order valence-electron chi connectivity index (χ1n) is 6.77. The third kappa shape index (κ3) is 3.45. The average Bonchev–Trinajstić information content (AvgIpc) is 2.72. The van der Waals surface area contributed by atoms with Crippen LogP contribution in [0.4, 0.5) is 5.00 Å². The van der Waals surface area contributed by atoms with Crippen LogP contribution in [0, 0.1) is 5.92 Å². The van der Waals surface area contributed by atoms with Crippen LogP contribution in [0.1, 0.15) is 40.0 Å². The minimum absolute atomic E-state index is 0.521. The molecule has 0 aliphatic carbocycles. The smallest absolute Gasteiger partial charge is 0.117 e. The highest BCUT2D eigenvalue weighted by molar-refractivity contribution is 7.11. The highest BCUT2D eigenvalue weighted by atomic mass is 32.1. The van der Waals surface area contributed by atoms with Crippen LogP contribution in [0.2, 0.25) is 0 Å². The molecule has 0 aliphatic rings. The number of hydrogen-bond acceptors (Lipinski definition) is 3. The van der Waals surface area contributed by atoms with Gasteiger partial charge in [-0.1, -0.05) is 38.8 Å². The monoisotopic (exact) mass is 262 g/mol. The molecule has 0 bridgehead atoms. The third-order valence-electron chi connectivity index (χ3n) is 3.18. The summed E-state index contributed by atoms with van der Waals surface area (Å²) in [5.41, 5.74) is 1.10. The van der Waals surface area contributed by atoms with E-state index in [2.05, 4.69) is 48.7 Å². The zero-order valence-electron chi connectivity index (χ0n) is 11.4. The van der Waals surface area contributed by atoms with E-state index in [9.17, 15) is 0 Å². The van der Waals surface area contributed by atoms with Crippen molar-refractivity contribution >= 4 is 27.4 Å². The van der Waals surface area contributed by atoms with E-state index >= 15 is 0 Å². The van der Waals surface area contributed by atoms with E-state index in [4.69, 9.17) is 0 Å². The minimum atomic E-state index is 0.521. The molecule has 2 aromatic rings. The zero-order chi connectivity index (χ0) is 13.0. The Hall–Kier alpha value is -1.09. The molecular weight excluding hydrogens is 240 g/mol. The molecule has 1 N–H and O–H groups in total. The summed E-state index contributed by atoms with van der Waals surface area (Å²) in [6.07, 6.45) is 3.84. The van der Waals surface area contributed by atoms with Crippen molar-refractivity contribution in [2.24, 2.45) is 5.92 Å². The molecule has 98 valence electrons. The number of nitrogens with zero attached hydrogens (tertiary/aromatic N) is 1. The quantitative estimate of drug-likeness (QED) is 0.799. The van der Waals surface area contributed by atoms with Gasteiger partial charge in [0.1, 0.15) is 5.00 Å². The van der Waals surface area contributed by atoms with E-state index in [-0.39, 0.29) is 0 Å².